The maximum atomic E-state index is 12.8. The fourth-order valence-corrected chi connectivity index (χ4v) is 5.74. The molecule has 0 aromatic heterocycles. The number of aliphatic carboxylic acids is 1. The van der Waals surface area contributed by atoms with Crippen LogP contribution in [0.15, 0.2) is 23.1 Å². The Balaban J connectivity index is 1.82. The Hall–Kier alpha value is -1.31. The summed E-state index contributed by atoms with van der Waals surface area (Å²) in [5, 5.41) is 8.58. The molecule has 2 atom stereocenters. The lowest BCUT2D eigenvalue weighted by Gasteiger charge is -2.29. The molecule has 0 bridgehead atoms. The fraction of sp³-hybridized carbons (Fsp3) is 0.562. The Morgan fingerprint density at radius 3 is 2.54 bits per heavy atom. The molecule has 2 aliphatic rings. The summed E-state index contributed by atoms with van der Waals surface area (Å²) in [5.74, 6) is -1.52. The standard InChI is InChI=1S/C16H20ClNO5S/c17-14-10-12(18-5-7-23-8-6-18)2-4-15(14)24(21,22)13-3-1-11(9-13)16(19)20/h2,4,10-11,13H,1,3,5-9H2,(H,19,20)/t11-,13-/m0/s1. The third-order valence-corrected chi connectivity index (χ3v) is 7.47. The largest absolute Gasteiger partial charge is 0.481 e. The maximum absolute atomic E-state index is 12.8. The van der Waals surface area contributed by atoms with Crippen LogP contribution in [0.5, 0.6) is 0 Å². The van der Waals surface area contributed by atoms with Crippen LogP contribution >= 0.6 is 11.6 Å². The average molecular weight is 374 g/mol. The topological polar surface area (TPSA) is 83.9 Å². The molecule has 1 aliphatic carbocycles. The predicted molar refractivity (Wildman–Crippen MR) is 90.4 cm³/mol. The van der Waals surface area contributed by atoms with Crippen molar-refractivity contribution in [2.24, 2.45) is 5.92 Å². The third-order valence-electron chi connectivity index (χ3n) is 4.77. The number of hydrogen-bond acceptors (Lipinski definition) is 5. The van der Waals surface area contributed by atoms with Crippen molar-refractivity contribution in [3.63, 3.8) is 0 Å². The molecule has 1 heterocycles. The second-order valence-corrected chi connectivity index (χ2v) is 8.83. The zero-order chi connectivity index (χ0) is 17.3. The number of ether oxygens (including phenoxy) is 1. The summed E-state index contributed by atoms with van der Waals surface area (Å²) in [4.78, 5) is 13.3. The van der Waals surface area contributed by atoms with Gasteiger partial charge in [-0.3, -0.25) is 4.79 Å². The van der Waals surface area contributed by atoms with E-state index >= 15 is 0 Å². The van der Waals surface area contributed by atoms with Crippen LogP contribution in [0, 0.1) is 5.92 Å². The van der Waals surface area contributed by atoms with E-state index in [1.54, 1.807) is 12.1 Å². The summed E-state index contributed by atoms with van der Waals surface area (Å²) in [7, 11) is -3.62. The highest BCUT2D eigenvalue weighted by Gasteiger charge is 2.39. The van der Waals surface area contributed by atoms with Crippen LogP contribution in [0.2, 0.25) is 5.02 Å². The van der Waals surface area contributed by atoms with E-state index in [4.69, 9.17) is 21.4 Å². The summed E-state index contributed by atoms with van der Waals surface area (Å²) in [6, 6.07) is 4.97. The second kappa shape index (κ2) is 6.90. The number of hydrogen-bond donors (Lipinski definition) is 1. The number of nitrogens with zero attached hydrogens (tertiary/aromatic N) is 1. The highest BCUT2D eigenvalue weighted by atomic mass is 35.5. The molecule has 1 aromatic carbocycles. The first-order valence-corrected chi connectivity index (χ1v) is 9.91. The van der Waals surface area contributed by atoms with Gasteiger partial charge in [0.05, 0.1) is 34.3 Å². The van der Waals surface area contributed by atoms with Gasteiger partial charge < -0.3 is 14.7 Å². The Bertz CT molecular complexity index is 730. The molecule has 0 spiro atoms. The molecular weight excluding hydrogens is 354 g/mol. The van der Waals surface area contributed by atoms with Crippen molar-refractivity contribution in [2.45, 2.75) is 29.4 Å². The van der Waals surface area contributed by atoms with Crippen LogP contribution in [-0.2, 0) is 19.4 Å². The molecule has 6 nitrogen and oxygen atoms in total. The van der Waals surface area contributed by atoms with Gasteiger partial charge in [0, 0.05) is 18.8 Å². The smallest absolute Gasteiger partial charge is 0.306 e. The number of rotatable bonds is 4. The minimum atomic E-state index is -3.62. The van der Waals surface area contributed by atoms with Crippen molar-refractivity contribution < 1.29 is 23.1 Å². The van der Waals surface area contributed by atoms with Crippen molar-refractivity contribution in [1.82, 2.24) is 0 Å². The molecule has 1 N–H and O–H groups in total. The van der Waals surface area contributed by atoms with Gasteiger partial charge in [-0.2, -0.15) is 0 Å². The van der Waals surface area contributed by atoms with E-state index in [2.05, 4.69) is 4.90 Å². The van der Waals surface area contributed by atoms with Gasteiger partial charge in [0.15, 0.2) is 9.84 Å². The van der Waals surface area contributed by atoms with Crippen LogP contribution in [0.4, 0.5) is 5.69 Å². The van der Waals surface area contributed by atoms with E-state index < -0.39 is 27.0 Å². The van der Waals surface area contributed by atoms with Crippen molar-refractivity contribution >= 4 is 33.1 Å². The molecular formula is C16H20ClNO5S. The molecule has 2 fully saturated rings. The second-order valence-electron chi connectivity index (χ2n) is 6.23. The van der Waals surface area contributed by atoms with Gasteiger partial charge in [-0.15, -0.1) is 0 Å². The van der Waals surface area contributed by atoms with E-state index in [9.17, 15) is 13.2 Å². The Morgan fingerprint density at radius 1 is 1.25 bits per heavy atom. The summed E-state index contributed by atoms with van der Waals surface area (Å²) >= 11 is 6.26. The van der Waals surface area contributed by atoms with Crippen molar-refractivity contribution in [2.75, 3.05) is 31.2 Å². The van der Waals surface area contributed by atoms with Crippen LogP contribution < -0.4 is 4.90 Å². The zero-order valence-corrected chi connectivity index (χ0v) is 14.7. The molecule has 0 unspecified atom stereocenters. The highest BCUT2D eigenvalue weighted by molar-refractivity contribution is 7.92. The van der Waals surface area contributed by atoms with E-state index in [0.717, 1.165) is 18.8 Å². The molecule has 1 saturated carbocycles. The average Bonchev–Trinajstić information content (AvgIpc) is 3.06. The van der Waals surface area contributed by atoms with Crippen LogP contribution in [0.25, 0.3) is 0 Å². The zero-order valence-electron chi connectivity index (χ0n) is 13.2. The first kappa shape index (κ1) is 17.5. The summed E-state index contributed by atoms with van der Waals surface area (Å²) in [6.45, 7) is 2.75. The molecule has 1 aromatic rings. The normalized spacial score (nSPS) is 25.0. The Morgan fingerprint density at radius 2 is 1.96 bits per heavy atom. The third kappa shape index (κ3) is 3.38. The van der Waals surface area contributed by atoms with E-state index in [0.29, 0.717) is 26.1 Å². The Labute approximate surface area is 146 Å². The molecule has 1 saturated heterocycles. The van der Waals surface area contributed by atoms with Crippen molar-refractivity contribution in [1.29, 1.82) is 0 Å². The van der Waals surface area contributed by atoms with Crippen LogP contribution in [-0.4, -0.2) is 51.0 Å². The minimum Gasteiger partial charge on any atom is -0.481 e. The predicted octanol–water partition coefficient (Wildman–Crippen LogP) is 2.20. The molecule has 1 aliphatic heterocycles. The summed E-state index contributed by atoms with van der Waals surface area (Å²) in [6.07, 6.45) is 0.906. The van der Waals surface area contributed by atoms with Gasteiger partial charge in [-0.05, 0) is 37.5 Å². The van der Waals surface area contributed by atoms with Crippen molar-refractivity contribution in [3.05, 3.63) is 23.2 Å². The lowest BCUT2D eigenvalue weighted by molar-refractivity contribution is -0.141. The molecule has 132 valence electrons. The first-order chi connectivity index (χ1) is 11.4. The maximum Gasteiger partial charge on any atom is 0.306 e. The van der Waals surface area contributed by atoms with E-state index in [1.807, 2.05) is 0 Å². The summed E-state index contributed by atoms with van der Waals surface area (Å²) < 4.78 is 30.9. The number of morpholine rings is 1. The van der Waals surface area contributed by atoms with Crippen LogP contribution in [0.1, 0.15) is 19.3 Å². The highest BCUT2D eigenvalue weighted by Crippen LogP contribution is 2.37. The molecule has 0 amide bonds. The molecule has 0 radical (unpaired) electrons. The quantitative estimate of drug-likeness (QED) is 0.871. The van der Waals surface area contributed by atoms with Crippen molar-refractivity contribution in [3.8, 4) is 0 Å². The van der Waals surface area contributed by atoms with Gasteiger partial charge in [0.2, 0.25) is 0 Å². The van der Waals surface area contributed by atoms with Crippen LogP contribution in [0.3, 0.4) is 0 Å². The molecule has 3 rings (SSSR count). The lowest BCUT2D eigenvalue weighted by atomic mass is 10.1. The van der Waals surface area contributed by atoms with Gasteiger partial charge in [0.1, 0.15) is 0 Å². The minimum absolute atomic E-state index is 0.0946. The number of sulfone groups is 1. The van der Waals surface area contributed by atoms with E-state index in [-0.39, 0.29) is 16.3 Å². The molecule has 24 heavy (non-hydrogen) atoms. The number of carboxylic acids is 1. The van der Waals surface area contributed by atoms with Gasteiger partial charge >= 0.3 is 5.97 Å². The first-order valence-electron chi connectivity index (χ1n) is 7.98. The number of carbonyl (C=O) groups is 1. The number of carboxylic acid groups (broad SMARTS) is 1. The number of anilines is 1. The monoisotopic (exact) mass is 373 g/mol. The summed E-state index contributed by atoms with van der Waals surface area (Å²) in [5.41, 5.74) is 0.872. The SMILES string of the molecule is O=C(O)[C@H]1CC[C@H](S(=O)(=O)c2ccc(N3CCOCC3)cc2Cl)C1. The van der Waals surface area contributed by atoms with Gasteiger partial charge in [-0.25, -0.2) is 8.42 Å². The van der Waals surface area contributed by atoms with Gasteiger partial charge in [-0.1, -0.05) is 11.6 Å². The fourth-order valence-electron chi connectivity index (χ4n) is 3.36. The Kier molecular flexibility index (Phi) is 5.03. The van der Waals surface area contributed by atoms with E-state index in [1.165, 1.54) is 6.07 Å². The number of benzene rings is 1. The number of halogens is 1. The molecule has 8 heteroatoms. The lowest BCUT2D eigenvalue weighted by Crippen LogP contribution is -2.36. The van der Waals surface area contributed by atoms with Gasteiger partial charge in [0.25, 0.3) is 0 Å².